The Kier molecular flexibility index (Phi) is 4.02. The number of carbonyl (C=O) groups excluding carboxylic acids is 1. The first kappa shape index (κ1) is 10.3. The van der Waals surface area contributed by atoms with Crippen LogP contribution < -0.4 is 0 Å². The second-order valence-electron chi connectivity index (χ2n) is 2.20. The molecule has 0 heterocycles. The van der Waals surface area contributed by atoms with Crippen LogP contribution in [-0.4, -0.2) is 34.4 Å². The lowest BCUT2D eigenvalue weighted by Gasteiger charge is -2.12. The molecule has 3 N–H and O–H groups in total. The van der Waals surface area contributed by atoms with E-state index in [-0.39, 0.29) is 19.3 Å². The minimum Gasteiger partial charge on any atom is -0.469 e. The van der Waals surface area contributed by atoms with Gasteiger partial charge in [-0.3, -0.25) is 4.79 Å². The zero-order chi connectivity index (χ0) is 8.91. The van der Waals surface area contributed by atoms with Crippen molar-refractivity contribution in [2.45, 2.75) is 25.2 Å². The Labute approximate surface area is 64.2 Å². The third-order valence-electron chi connectivity index (χ3n) is 1.12. The Balaban J connectivity index is 3.35. The van der Waals surface area contributed by atoms with Gasteiger partial charge >= 0.3 is 5.97 Å². The maximum atomic E-state index is 10.4. The van der Waals surface area contributed by atoms with Gasteiger partial charge in [-0.15, -0.1) is 0 Å². The largest absolute Gasteiger partial charge is 0.469 e. The maximum Gasteiger partial charge on any atom is 0.305 e. The van der Waals surface area contributed by atoms with Gasteiger partial charge in [0.1, 0.15) is 0 Å². The van der Waals surface area contributed by atoms with Crippen LogP contribution in [-0.2, 0) is 9.53 Å². The number of methoxy groups -OCH3 is 1. The number of hydrogen-bond donors (Lipinski definition) is 3. The normalized spacial score (nSPS) is 11.3. The van der Waals surface area contributed by atoms with E-state index in [9.17, 15) is 4.79 Å². The van der Waals surface area contributed by atoms with Gasteiger partial charge in [-0.2, -0.15) is 0 Å². The zero-order valence-corrected chi connectivity index (χ0v) is 6.28. The molecule has 0 aliphatic heterocycles. The maximum absolute atomic E-state index is 10.4. The van der Waals surface area contributed by atoms with Crippen molar-refractivity contribution in [3.63, 3.8) is 0 Å². The molecule has 0 aromatic carbocycles. The van der Waals surface area contributed by atoms with Gasteiger partial charge < -0.3 is 20.1 Å². The van der Waals surface area contributed by atoms with E-state index in [4.69, 9.17) is 15.3 Å². The van der Waals surface area contributed by atoms with E-state index in [1.165, 1.54) is 7.11 Å². The van der Waals surface area contributed by atoms with Gasteiger partial charge in [0.25, 0.3) is 5.97 Å². The molecule has 0 atom stereocenters. The molecule has 0 saturated heterocycles. The first-order valence-corrected chi connectivity index (χ1v) is 3.19. The smallest absolute Gasteiger partial charge is 0.305 e. The summed E-state index contributed by atoms with van der Waals surface area (Å²) >= 11 is 0. The lowest BCUT2D eigenvalue weighted by Crippen LogP contribution is -2.26. The second kappa shape index (κ2) is 4.27. The summed E-state index contributed by atoms with van der Waals surface area (Å²) in [6, 6.07) is 0. The van der Waals surface area contributed by atoms with Crippen LogP contribution in [0.15, 0.2) is 0 Å². The van der Waals surface area contributed by atoms with Gasteiger partial charge in [-0.05, 0) is 6.42 Å². The average Bonchev–Trinajstić information content (AvgIpc) is 1.85. The molecular weight excluding hydrogens is 152 g/mol. The van der Waals surface area contributed by atoms with Gasteiger partial charge in [-0.1, -0.05) is 0 Å². The van der Waals surface area contributed by atoms with Crippen LogP contribution in [0.1, 0.15) is 19.3 Å². The highest BCUT2D eigenvalue weighted by atomic mass is 16.7. The molecule has 0 spiro atoms. The van der Waals surface area contributed by atoms with Crippen molar-refractivity contribution in [1.29, 1.82) is 0 Å². The van der Waals surface area contributed by atoms with Crippen LogP contribution in [0, 0.1) is 0 Å². The van der Waals surface area contributed by atoms with Crippen LogP contribution in [0.4, 0.5) is 0 Å². The minimum atomic E-state index is -2.67. The standard InChI is InChI=1S/C6H12O5/c1-11-5(7)3-2-4-6(8,9)10/h8-10H,2-4H2,1H3. The fourth-order valence-electron chi connectivity index (χ4n) is 0.572. The van der Waals surface area contributed by atoms with Gasteiger partial charge in [0, 0.05) is 12.8 Å². The molecule has 0 amide bonds. The topological polar surface area (TPSA) is 87.0 Å². The third kappa shape index (κ3) is 7.24. The predicted octanol–water partition coefficient (Wildman–Crippen LogP) is -1.04. The second-order valence-corrected chi connectivity index (χ2v) is 2.20. The molecular formula is C6H12O5. The van der Waals surface area contributed by atoms with Crippen molar-refractivity contribution in [2.75, 3.05) is 7.11 Å². The van der Waals surface area contributed by atoms with Crippen molar-refractivity contribution in [2.24, 2.45) is 0 Å². The summed E-state index contributed by atoms with van der Waals surface area (Å²) in [6.45, 7) is 0. The number of aliphatic hydroxyl groups is 3. The Morgan fingerprint density at radius 1 is 1.45 bits per heavy atom. The molecule has 5 nitrogen and oxygen atoms in total. The number of esters is 1. The molecule has 66 valence electrons. The Morgan fingerprint density at radius 2 is 2.00 bits per heavy atom. The third-order valence-corrected chi connectivity index (χ3v) is 1.12. The van der Waals surface area contributed by atoms with Crippen LogP contribution in [0.5, 0.6) is 0 Å². The van der Waals surface area contributed by atoms with E-state index >= 15 is 0 Å². The monoisotopic (exact) mass is 164 g/mol. The van der Waals surface area contributed by atoms with E-state index in [1.54, 1.807) is 0 Å². The summed E-state index contributed by atoms with van der Waals surface area (Å²) in [4.78, 5) is 10.4. The zero-order valence-electron chi connectivity index (χ0n) is 6.28. The minimum absolute atomic E-state index is 0.0694. The van der Waals surface area contributed by atoms with Gasteiger partial charge in [0.2, 0.25) is 0 Å². The molecule has 0 radical (unpaired) electrons. The van der Waals surface area contributed by atoms with Crippen LogP contribution >= 0.6 is 0 Å². The van der Waals surface area contributed by atoms with Crippen molar-refractivity contribution >= 4 is 5.97 Å². The van der Waals surface area contributed by atoms with E-state index in [0.717, 1.165) is 0 Å². The van der Waals surface area contributed by atoms with E-state index in [2.05, 4.69) is 4.74 Å². The fourth-order valence-corrected chi connectivity index (χ4v) is 0.572. The first-order chi connectivity index (χ1) is 4.95. The van der Waals surface area contributed by atoms with Crippen LogP contribution in [0.2, 0.25) is 0 Å². The molecule has 5 heteroatoms. The van der Waals surface area contributed by atoms with Gasteiger partial charge in [-0.25, -0.2) is 0 Å². The SMILES string of the molecule is COC(=O)CCCC(O)(O)O. The molecule has 0 bridgehead atoms. The molecule has 0 fully saturated rings. The molecule has 0 aliphatic rings. The van der Waals surface area contributed by atoms with Crippen LogP contribution in [0.3, 0.4) is 0 Å². The average molecular weight is 164 g/mol. The van der Waals surface area contributed by atoms with E-state index in [0.29, 0.717) is 0 Å². The van der Waals surface area contributed by atoms with Gasteiger partial charge in [0.15, 0.2) is 0 Å². The van der Waals surface area contributed by atoms with Crippen molar-refractivity contribution in [3.8, 4) is 0 Å². The molecule has 0 aromatic heterocycles. The van der Waals surface area contributed by atoms with E-state index < -0.39 is 11.9 Å². The summed E-state index contributed by atoms with van der Waals surface area (Å²) < 4.78 is 4.28. The Morgan fingerprint density at radius 3 is 2.36 bits per heavy atom. The van der Waals surface area contributed by atoms with Crippen molar-refractivity contribution in [3.05, 3.63) is 0 Å². The lowest BCUT2D eigenvalue weighted by atomic mass is 10.2. The quantitative estimate of drug-likeness (QED) is 0.365. The summed E-state index contributed by atoms with van der Waals surface area (Å²) in [5.41, 5.74) is 0. The van der Waals surface area contributed by atoms with Crippen LogP contribution in [0.25, 0.3) is 0 Å². The summed E-state index contributed by atoms with van der Waals surface area (Å²) in [5.74, 6) is -3.11. The number of rotatable bonds is 4. The molecule has 0 rings (SSSR count). The first-order valence-electron chi connectivity index (χ1n) is 3.19. The lowest BCUT2D eigenvalue weighted by molar-refractivity contribution is -0.314. The highest BCUT2D eigenvalue weighted by Gasteiger charge is 2.17. The molecule has 0 aliphatic carbocycles. The summed E-state index contributed by atoms with van der Waals surface area (Å²) in [7, 11) is 1.24. The number of carbonyl (C=O) groups is 1. The molecule has 11 heavy (non-hydrogen) atoms. The Hall–Kier alpha value is -0.650. The summed E-state index contributed by atoms with van der Waals surface area (Å²) in [5, 5.41) is 25.1. The summed E-state index contributed by atoms with van der Waals surface area (Å²) in [6.07, 6.45) is -0.0157. The van der Waals surface area contributed by atoms with Crippen molar-refractivity contribution in [1.82, 2.24) is 0 Å². The molecule has 0 aromatic rings. The number of ether oxygens (including phenoxy) is 1. The Bertz CT molecular complexity index is 125. The number of hydrogen-bond acceptors (Lipinski definition) is 5. The van der Waals surface area contributed by atoms with E-state index in [1.807, 2.05) is 0 Å². The fraction of sp³-hybridized carbons (Fsp3) is 0.833. The molecule has 0 unspecified atom stereocenters. The molecule has 0 saturated carbocycles. The highest BCUT2D eigenvalue weighted by molar-refractivity contribution is 5.68. The predicted molar refractivity (Wildman–Crippen MR) is 35.3 cm³/mol. The van der Waals surface area contributed by atoms with Gasteiger partial charge in [0.05, 0.1) is 7.11 Å². The highest BCUT2D eigenvalue weighted by Crippen LogP contribution is 2.06. The van der Waals surface area contributed by atoms with Crippen molar-refractivity contribution < 1.29 is 24.9 Å².